The van der Waals surface area contributed by atoms with Crippen LogP contribution < -0.4 is 19.7 Å². The number of fused-ring (bicyclic) bond motifs is 1. The van der Waals surface area contributed by atoms with Gasteiger partial charge in [-0.15, -0.1) is 0 Å². The fourth-order valence-corrected chi connectivity index (χ4v) is 4.33. The Morgan fingerprint density at radius 2 is 1.76 bits per heavy atom. The first-order valence-electron chi connectivity index (χ1n) is 11.5. The molecule has 0 saturated carbocycles. The zero-order chi connectivity index (χ0) is 24.1. The molecule has 0 aliphatic carbocycles. The number of hydrogen-bond acceptors (Lipinski definition) is 4. The third-order valence-electron chi connectivity index (χ3n) is 6.26. The van der Waals surface area contributed by atoms with E-state index in [-0.39, 0.29) is 23.8 Å². The van der Waals surface area contributed by atoms with Gasteiger partial charge in [-0.1, -0.05) is 36.4 Å². The molecule has 0 spiro atoms. The zero-order valence-corrected chi connectivity index (χ0v) is 19.8. The van der Waals surface area contributed by atoms with Gasteiger partial charge in [0.05, 0.1) is 19.6 Å². The van der Waals surface area contributed by atoms with Crippen molar-refractivity contribution in [2.24, 2.45) is 0 Å². The van der Waals surface area contributed by atoms with Crippen LogP contribution in [-0.4, -0.2) is 38.6 Å². The summed E-state index contributed by atoms with van der Waals surface area (Å²) in [6, 6.07) is 22.8. The van der Waals surface area contributed by atoms with E-state index < -0.39 is 0 Å². The quantitative estimate of drug-likeness (QED) is 0.587. The third-order valence-corrected chi connectivity index (χ3v) is 6.26. The lowest BCUT2D eigenvalue weighted by atomic mass is 9.98. The third kappa shape index (κ3) is 5.06. The molecule has 0 radical (unpaired) electrons. The molecule has 0 aromatic heterocycles. The molecule has 6 heteroatoms. The first kappa shape index (κ1) is 23.4. The summed E-state index contributed by atoms with van der Waals surface area (Å²) < 4.78 is 11.6. The lowest BCUT2D eigenvalue weighted by molar-refractivity contribution is -0.120. The van der Waals surface area contributed by atoms with Gasteiger partial charge in [-0.05, 0) is 61.2 Å². The molecule has 1 aliphatic rings. The number of nitrogens with zero attached hydrogens (tertiary/aromatic N) is 1. The highest BCUT2D eigenvalue weighted by atomic mass is 16.5. The summed E-state index contributed by atoms with van der Waals surface area (Å²) in [7, 11) is 3.24. The maximum atomic E-state index is 13.8. The van der Waals surface area contributed by atoms with E-state index >= 15 is 0 Å². The lowest BCUT2D eigenvalue weighted by Crippen LogP contribution is -2.41. The van der Waals surface area contributed by atoms with Gasteiger partial charge in [0.15, 0.2) is 0 Å². The number of ether oxygens (including phenoxy) is 2. The lowest BCUT2D eigenvalue weighted by Gasteiger charge is -2.29. The van der Waals surface area contributed by atoms with Crippen LogP contribution in [0.1, 0.15) is 40.7 Å². The summed E-state index contributed by atoms with van der Waals surface area (Å²) in [4.78, 5) is 27.8. The van der Waals surface area contributed by atoms with Gasteiger partial charge >= 0.3 is 0 Å². The second-order valence-corrected chi connectivity index (χ2v) is 8.46. The Morgan fingerprint density at radius 3 is 2.50 bits per heavy atom. The number of rotatable bonds is 6. The van der Waals surface area contributed by atoms with Gasteiger partial charge in [0.2, 0.25) is 5.91 Å². The molecule has 0 bridgehead atoms. The topological polar surface area (TPSA) is 67.9 Å². The summed E-state index contributed by atoms with van der Waals surface area (Å²) in [6.45, 7) is 2.35. The smallest absolute Gasteiger partial charge is 0.251 e. The van der Waals surface area contributed by atoms with Crippen LogP contribution in [0.3, 0.4) is 0 Å². The number of amides is 2. The Bertz CT molecular complexity index is 1160. The number of nitrogens with one attached hydrogen (secondary N) is 1. The molecule has 1 heterocycles. The van der Waals surface area contributed by atoms with Crippen LogP contribution >= 0.6 is 0 Å². The summed E-state index contributed by atoms with van der Waals surface area (Å²) in [5, 5.41) is 2.67. The molecule has 176 valence electrons. The van der Waals surface area contributed by atoms with Crippen LogP contribution in [0.5, 0.6) is 11.5 Å². The van der Waals surface area contributed by atoms with Crippen LogP contribution in [-0.2, 0) is 11.2 Å². The Kier molecular flexibility index (Phi) is 7.16. The summed E-state index contributed by atoms with van der Waals surface area (Å²) >= 11 is 0. The van der Waals surface area contributed by atoms with Crippen molar-refractivity contribution in [2.45, 2.75) is 31.8 Å². The van der Waals surface area contributed by atoms with Gasteiger partial charge in [-0.3, -0.25) is 9.59 Å². The van der Waals surface area contributed by atoms with E-state index in [1.807, 2.05) is 78.6 Å². The highest BCUT2D eigenvalue weighted by Crippen LogP contribution is 2.32. The minimum atomic E-state index is -0.316. The maximum Gasteiger partial charge on any atom is 0.251 e. The molecule has 2 amide bonds. The van der Waals surface area contributed by atoms with Crippen molar-refractivity contribution in [1.82, 2.24) is 5.32 Å². The van der Waals surface area contributed by atoms with Crippen molar-refractivity contribution in [3.63, 3.8) is 0 Å². The van der Waals surface area contributed by atoms with E-state index in [2.05, 4.69) is 5.32 Å². The monoisotopic (exact) mass is 458 g/mol. The molecule has 1 aliphatic heterocycles. The molecule has 0 fully saturated rings. The normalized spacial score (nSPS) is 16.1. The second-order valence-electron chi connectivity index (χ2n) is 8.46. The standard InChI is InChI=1S/C28H30N2O4/c1-19(20-8-5-4-6-9-20)28(32)30-18-25(34-24-11-7-10-23(17-24)33-3)14-12-21-16-22(27(31)29-2)13-15-26(21)30/h4-11,13,15-17,19,25H,12,14,18H2,1-3H3,(H,29,31)/t19-,25-/m0/s1. The minimum absolute atomic E-state index is 0.00119. The first-order valence-corrected chi connectivity index (χ1v) is 11.5. The molecular weight excluding hydrogens is 428 g/mol. The van der Waals surface area contributed by atoms with Crippen molar-refractivity contribution in [2.75, 3.05) is 25.6 Å². The van der Waals surface area contributed by atoms with E-state index in [1.54, 1.807) is 20.2 Å². The Balaban J connectivity index is 1.67. The van der Waals surface area contributed by atoms with Crippen molar-refractivity contribution >= 4 is 17.5 Å². The molecule has 2 atom stereocenters. The summed E-state index contributed by atoms with van der Waals surface area (Å²) in [6.07, 6.45) is 1.19. The molecule has 0 saturated heterocycles. The second kappa shape index (κ2) is 10.4. The van der Waals surface area contributed by atoms with Crippen molar-refractivity contribution < 1.29 is 19.1 Å². The van der Waals surface area contributed by atoms with Crippen molar-refractivity contribution in [1.29, 1.82) is 0 Å². The van der Waals surface area contributed by atoms with Crippen LogP contribution in [0.4, 0.5) is 5.69 Å². The fraction of sp³-hybridized carbons (Fsp3) is 0.286. The van der Waals surface area contributed by atoms with E-state index in [4.69, 9.17) is 9.47 Å². The van der Waals surface area contributed by atoms with E-state index in [1.165, 1.54) is 0 Å². The average molecular weight is 459 g/mol. The summed E-state index contributed by atoms with van der Waals surface area (Å²) in [5.41, 5.74) is 3.34. The van der Waals surface area contributed by atoms with Gasteiger partial charge in [0, 0.05) is 24.4 Å². The molecule has 4 rings (SSSR count). The number of carbonyl (C=O) groups is 2. The Hall–Kier alpha value is -3.80. The van der Waals surface area contributed by atoms with Crippen LogP contribution in [0.15, 0.2) is 72.8 Å². The van der Waals surface area contributed by atoms with Crippen LogP contribution in [0.2, 0.25) is 0 Å². The molecule has 6 nitrogen and oxygen atoms in total. The van der Waals surface area contributed by atoms with Gasteiger partial charge in [0.1, 0.15) is 17.6 Å². The SMILES string of the molecule is CNC(=O)c1ccc2c(c1)CC[C@H](Oc1cccc(OC)c1)CN2C(=O)[C@@H](C)c1ccccc1. The predicted octanol–water partition coefficient (Wildman–Crippen LogP) is 4.59. The highest BCUT2D eigenvalue weighted by Gasteiger charge is 2.31. The number of carbonyl (C=O) groups excluding carboxylic acids is 2. The molecular formula is C28H30N2O4. The molecule has 34 heavy (non-hydrogen) atoms. The van der Waals surface area contributed by atoms with Crippen molar-refractivity contribution in [3.05, 3.63) is 89.5 Å². The molecule has 1 N–H and O–H groups in total. The highest BCUT2D eigenvalue weighted by molar-refractivity contribution is 6.00. The number of aryl methyl sites for hydroxylation is 1. The number of methoxy groups -OCH3 is 1. The summed E-state index contributed by atoms with van der Waals surface area (Å²) in [5.74, 6) is 0.955. The average Bonchev–Trinajstić information content (AvgIpc) is 3.07. The van der Waals surface area contributed by atoms with E-state index in [0.29, 0.717) is 30.7 Å². The molecule has 0 unspecified atom stereocenters. The minimum Gasteiger partial charge on any atom is -0.497 e. The fourth-order valence-electron chi connectivity index (χ4n) is 4.33. The predicted molar refractivity (Wildman–Crippen MR) is 133 cm³/mol. The maximum absolute atomic E-state index is 13.8. The number of anilines is 1. The van der Waals surface area contributed by atoms with Gasteiger partial charge < -0.3 is 19.7 Å². The molecule has 3 aromatic carbocycles. The van der Waals surface area contributed by atoms with Gasteiger partial charge in [-0.2, -0.15) is 0 Å². The zero-order valence-electron chi connectivity index (χ0n) is 19.8. The first-order chi connectivity index (χ1) is 16.5. The largest absolute Gasteiger partial charge is 0.497 e. The number of benzene rings is 3. The Morgan fingerprint density at radius 1 is 1.00 bits per heavy atom. The van der Waals surface area contributed by atoms with Gasteiger partial charge in [0.25, 0.3) is 5.91 Å². The Labute approximate surface area is 200 Å². The van der Waals surface area contributed by atoms with Crippen molar-refractivity contribution in [3.8, 4) is 11.5 Å². The van der Waals surface area contributed by atoms with Gasteiger partial charge in [-0.25, -0.2) is 0 Å². The van der Waals surface area contributed by atoms with Crippen LogP contribution in [0, 0.1) is 0 Å². The van der Waals surface area contributed by atoms with E-state index in [9.17, 15) is 9.59 Å². The number of hydrogen-bond donors (Lipinski definition) is 1. The van der Waals surface area contributed by atoms with E-state index in [0.717, 1.165) is 22.6 Å². The van der Waals surface area contributed by atoms with Crippen LogP contribution in [0.25, 0.3) is 0 Å². The molecule has 3 aromatic rings.